The minimum absolute atomic E-state index is 0.0364. The highest BCUT2D eigenvalue weighted by Gasteiger charge is 2.39. The quantitative estimate of drug-likeness (QED) is 0.659. The van der Waals surface area contributed by atoms with Crippen molar-refractivity contribution < 1.29 is 14.5 Å². The number of amides is 2. The maximum Gasteiger partial charge on any atom is 0.323 e. The van der Waals surface area contributed by atoms with E-state index in [0.717, 1.165) is 5.56 Å². The monoisotopic (exact) mass is 353 g/mol. The molecular weight excluding hydrogens is 334 g/mol. The van der Waals surface area contributed by atoms with Gasteiger partial charge in [-0.1, -0.05) is 42.5 Å². The van der Waals surface area contributed by atoms with Gasteiger partial charge in [-0.3, -0.25) is 15.0 Å². The zero-order valence-corrected chi connectivity index (χ0v) is 14.5. The van der Waals surface area contributed by atoms with Gasteiger partial charge in [-0.05, 0) is 30.2 Å². The fourth-order valence-electron chi connectivity index (χ4n) is 3.00. The van der Waals surface area contributed by atoms with Gasteiger partial charge in [-0.15, -0.1) is 0 Å². The van der Waals surface area contributed by atoms with Crippen LogP contribution < -0.4 is 10.1 Å². The molecule has 1 aliphatic heterocycles. The number of ether oxygens (including phenoxy) is 1. The fourth-order valence-corrected chi connectivity index (χ4v) is 3.00. The van der Waals surface area contributed by atoms with Crippen molar-refractivity contribution >= 4 is 6.03 Å². The van der Waals surface area contributed by atoms with E-state index in [0.29, 0.717) is 17.0 Å². The molecule has 0 saturated carbocycles. The number of hydrogen-bond donors (Lipinski definition) is 1. The Bertz CT molecular complexity index is 847. The van der Waals surface area contributed by atoms with Gasteiger partial charge in [-0.2, -0.15) is 0 Å². The molecule has 1 aliphatic rings. The average molecular weight is 353 g/mol. The summed E-state index contributed by atoms with van der Waals surface area (Å²) in [5.41, 5.74) is 1.83. The first-order valence-corrected chi connectivity index (χ1v) is 8.12. The first-order valence-electron chi connectivity index (χ1n) is 8.12. The minimum Gasteiger partial charge on any atom is -0.497 e. The second-order valence-electron chi connectivity index (χ2n) is 5.96. The van der Waals surface area contributed by atoms with E-state index in [1.165, 1.54) is 4.90 Å². The van der Waals surface area contributed by atoms with Crippen molar-refractivity contribution in [2.45, 2.75) is 19.5 Å². The predicted octanol–water partition coefficient (Wildman–Crippen LogP) is 3.47. The molecule has 1 N–H and O–H groups in total. The number of nitro groups is 1. The lowest BCUT2D eigenvalue weighted by Crippen LogP contribution is -2.47. The molecule has 2 amide bonds. The summed E-state index contributed by atoms with van der Waals surface area (Å²) in [6, 6.07) is 15.0. The van der Waals surface area contributed by atoms with Gasteiger partial charge in [0.15, 0.2) is 0 Å². The van der Waals surface area contributed by atoms with Crippen molar-refractivity contribution in [3.8, 4) is 5.75 Å². The molecule has 0 aromatic heterocycles. The second kappa shape index (κ2) is 7.26. The standard InChI is InChI=1S/C19H19N3O4/c1-13-18(22(24)25)17(15-8-10-16(26-2)11-9-15)20-19(23)21(13)12-14-6-4-3-5-7-14/h3-11,17H,12H2,1-2H3,(H,20,23). The fraction of sp³-hybridized carbons (Fsp3) is 0.211. The van der Waals surface area contributed by atoms with Crippen molar-refractivity contribution in [2.75, 3.05) is 7.11 Å². The van der Waals surface area contributed by atoms with Crippen LogP contribution in [0.3, 0.4) is 0 Å². The average Bonchev–Trinajstić information content (AvgIpc) is 2.65. The molecule has 1 atom stereocenters. The van der Waals surface area contributed by atoms with Gasteiger partial charge in [0, 0.05) is 0 Å². The highest BCUT2D eigenvalue weighted by atomic mass is 16.6. The molecule has 0 fully saturated rings. The lowest BCUT2D eigenvalue weighted by molar-refractivity contribution is -0.433. The molecule has 1 heterocycles. The van der Waals surface area contributed by atoms with Gasteiger partial charge in [0.2, 0.25) is 0 Å². The zero-order valence-electron chi connectivity index (χ0n) is 14.5. The van der Waals surface area contributed by atoms with Crippen LogP contribution in [-0.4, -0.2) is 23.0 Å². The van der Waals surface area contributed by atoms with Gasteiger partial charge in [0.05, 0.1) is 24.3 Å². The van der Waals surface area contributed by atoms with E-state index < -0.39 is 11.0 Å². The Labute approximate surface area is 151 Å². The molecule has 0 spiro atoms. The Balaban J connectivity index is 1.98. The molecule has 26 heavy (non-hydrogen) atoms. The van der Waals surface area contributed by atoms with Crippen LogP contribution in [0.4, 0.5) is 4.79 Å². The Hall–Kier alpha value is -3.35. The smallest absolute Gasteiger partial charge is 0.323 e. The Morgan fingerprint density at radius 1 is 1.15 bits per heavy atom. The van der Waals surface area contributed by atoms with Crippen molar-refractivity contribution in [3.63, 3.8) is 0 Å². The molecule has 7 heteroatoms. The van der Waals surface area contributed by atoms with E-state index in [4.69, 9.17) is 4.74 Å². The number of methoxy groups -OCH3 is 1. The summed E-state index contributed by atoms with van der Waals surface area (Å²) in [4.78, 5) is 25.3. The number of allylic oxidation sites excluding steroid dienone is 1. The SMILES string of the molecule is COc1ccc(C2NC(=O)N(Cc3ccccc3)C(C)=C2[N+](=O)[O-])cc1. The van der Waals surface area contributed by atoms with E-state index in [1.807, 2.05) is 30.3 Å². The Kier molecular flexibility index (Phi) is 4.88. The van der Waals surface area contributed by atoms with Crippen molar-refractivity contribution in [1.29, 1.82) is 0 Å². The lowest BCUT2D eigenvalue weighted by atomic mass is 10.00. The van der Waals surface area contributed by atoms with Gasteiger partial charge in [0.25, 0.3) is 5.70 Å². The topological polar surface area (TPSA) is 84.7 Å². The summed E-state index contributed by atoms with van der Waals surface area (Å²) in [6.45, 7) is 1.88. The Morgan fingerprint density at radius 3 is 2.38 bits per heavy atom. The van der Waals surface area contributed by atoms with E-state index in [1.54, 1.807) is 38.3 Å². The molecule has 2 aromatic carbocycles. The highest BCUT2D eigenvalue weighted by Crippen LogP contribution is 2.32. The maximum absolute atomic E-state index is 12.6. The number of carbonyl (C=O) groups excluding carboxylic acids is 1. The van der Waals surface area contributed by atoms with Crippen molar-refractivity contribution in [2.24, 2.45) is 0 Å². The van der Waals surface area contributed by atoms with Crippen molar-refractivity contribution in [1.82, 2.24) is 10.2 Å². The van der Waals surface area contributed by atoms with E-state index in [9.17, 15) is 14.9 Å². The van der Waals surface area contributed by atoms with Crippen LogP contribution in [0.2, 0.25) is 0 Å². The number of carbonyl (C=O) groups is 1. The molecule has 0 radical (unpaired) electrons. The van der Waals surface area contributed by atoms with E-state index in [-0.39, 0.29) is 18.3 Å². The summed E-state index contributed by atoms with van der Waals surface area (Å²) >= 11 is 0. The minimum atomic E-state index is -0.810. The van der Waals surface area contributed by atoms with E-state index >= 15 is 0 Å². The third-order valence-electron chi connectivity index (χ3n) is 4.39. The first kappa shape index (κ1) is 17.5. The maximum atomic E-state index is 12.6. The van der Waals surface area contributed by atoms with E-state index in [2.05, 4.69) is 5.32 Å². The molecule has 7 nitrogen and oxygen atoms in total. The molecule has 0 aliphatic carbocycles. The van der Waals surface area contributed by atoms with Gasteiger partial charge in [-0.25, -0.2) is 4.79 Å². The molecule has 3 rings (SSSR count). The number of rotatable bonds is 5. The molecular formula is C19H19N3O4. The van der Waals surface area contributed by atoms with Crippen LogP contribution >= 0.6 is 0 Å². The first-order chi connectivity index (χ1) is 12.5. The largest absolute Gasteiger partial charge is 0.497 e. The normalized spacial score (nSPS) is 17.1. The number of urea groups is 1. The van der Waals surface area contributed by atoms with Crippen LogP contribution in [-0.2, 0) is 6.54 Å². The number of nitrogens with one attached hydrogen (secondary N) is 1. The van der Waals surface area contributed by atoms with Crippen LogP contribution in [0.15, 0.2) is 66.0 Å². The van der Waals surface area contributed by atoms with Crippen molar-refractivity contribution in [3.05, 3.63) is 87.2 Å². The van der Waals surface area contributed by atoms with Crippen LogP contribution in [0.25, 0.3) is 0 Å². The van der Waals surface area contributed by atoms with Crippen LogP contribution in [0, 0.1) is 10.1 Å². The zero-order chi connectivity index (χ0) is 18.7. The van der Waals surface area contributed by atoms with Gasteiger partial charge >= 0.3 is 6.03 Å². The summed E-state index contributed by atoms with van der Waals surface area (Å²) in [7, 11) is 1.55. The predicted molar refractivity (Wildman–Crippen MR) is 95.9 cm³/mol. The van der Waals surface area contributed by atoms with Gasteiger partial charge in [0.1, 0.15) is 11.8 Å². The molecule has 2 aromatic rings. The molecule has 0 saturated heterocycles. The summed E-state index contributed by atoms with van der Waals surface area (Å²) in [5.74, 6) is 0.643. The second-order valence-corrected chi connectivity index (χ2v) is 5.96. The summed E-state index contributed by atoms with van der Waals surface area (Å²) in [5, 5.41) is 14.5. The molecule has 1 unspecified atom stereocenters. The third-order valence-corrected chi connectivity index (χ3v) is 4.39. The van der Waals surface area contributed by atoms with Crippen LogP contribution in [0.5, 0.6) is 5.75 Å². The lowest BCUT2D eigenvalue weighted by Gasteiger charge is -2.32. The summed E-state index contributed by atoms with van der Waals surface area (Å²) < 4.78 is 5.12. The molecule has 0 bridgehead atoms. The molecule has 134 valence electrons. The number of benzene rings is 2. The summed E-state index contributed by atoms with van der Waals surface area (Å²) in [6.07, 6.45) is 0. The highest BCUT2D eigenvalue weighted by molar-refractivity contribution is 5.78. The third kappa shape index (κ3) is 3.37. The number of nitrogens with zero attached hydrogens (tertiary/aromatic N) is 2. The van der Waals surface area contributed by atoms with Gasteiger partial charge < -0.3 is 10.1 Å². The number of hydrogen-bond acceptors (Lipinski definition) is 4. The van der Waals surface area contributed by atoms with Crippen LogP contribution in [0.1, 0.15) is 24.1 Å². The Morgan fingerprint density at radius 2 is 1.81 bits per heavy atom.